The Labute approximate surface area is 98.6 Å². The maximum absolute atomic E-state index is 11.3. The Morgan fingerprint density at radius 2 is 1.80 bits per heavy atom. The summed E-state index contributed by atoms with van der Waals surface area (Å²) in [5, 5.41) is -0.136. The van der Waals surface area contributed by atoms with E-state index < -0.39 is 0 Å². The van der Waals surface area contributed by atoms with Gasteiger partial charge in [0.2, 0.25) is 5.24 Å². The van der Waals surface area contributed by atoms with Crippen molar-refractivity contribution in [2.24, 2.45) is 16.7 Å². The van der Waals surface area contributed by atoms with Gasteiger partial charge in [0.05, 0.1) is 0 Å². The summed E-state index contributed by atoms with van der Waals surface area (Å²) in [5.41, 5.74) is 0.642. The van der Waals surface area contributed by atoms with Crippen molar-refractivity contribution in [3.8, 4) is 0 Å². The summed E-state index contributed by atoms with van der Waals surface area (Å²) in [6, 6.07) is 0. The molecule has 1 atom stereocenters. The van der Waals surface area contributed by atoms with Gasteiger partial charge in [0.15, 0.2) is 0 Å². The summed E-state index contributed by atoms with van der Waals surface area (Å²) in [5.74, 6) is 0.0813. The largest absolute Gasteiger partial charge is 0.281 e. The molecule has 1 saturated carbocycles. The fraction of sp³-hybridized carbons (Fsp3) is 0.923. The van der Waals surface area contributed by atoms with Gasteiger partial charge in [-0.1, -0.05) is 34.1 Å². The lowest BCUT2D eigenvalue weighted by Gasteiger charge is -2.39. The van der Waals surface area contributed by atoms with E-state index in [1.807, 2.05) is 0 Å². The second-order valence-corrected chi connectivity index (χ2v) is 6.98. The van der Waals surface area contributed by atoms with Gasteiger partial charge in [0.25, 0.3) is 0 Å². The molecule has 0 bridgehead atoms. The SMILES string of the molecule is CC1(C)CCCC(C(=O)Cl)CC(C)(C)C1. The van der Waals surface area contributed by atoms with E-state index in [0.29, 0.717) is 5.41 Å². The molecule has 0 N–H and O–H groups in total. The van der Waals surface area contributed by atoms with Crippen LogP contribution in [-0.4, -0.2) is 5.24 Å². The van der Waals surface area contributed by atoms with E-state index in [9.17, 15) is 4.79 Å². The highest BCUT2D eigenvalue weighted by atomic mass is 35.5. The molecule has 0 aromatic rings. The first-order valence-corrected chi connectivity index (χ1v) is 6.29. The average molecular weight is 231 g/mol. The molecule has 15 heavy (non-hydrogen) atoms. The van der Waals surface area contributed by atoms with Gasteiger partial charge in [-0.25, -0.2) is 0 Å². The third kappa shape index (κ3) is 4.14. The van der Waals surface area contributed by atoms with Crippen LogP contribution in [0.4, 0.5) is 0 Å². The highest BCUT2D eigenvalue weighted by Crippen LogP contribution is 2.44. The van der Waals surface area contributed by atoms with Crippen LogP contribution < -0.4 is 0 Å². The number of rotatable bonds is 1. The molecular formula is C13H23ClO. The van der Waals surface area contributed by atoms with Gasteiger partial charge in [-0.3, -0.25) is 4.79 Å². The number of halogens is 1. The van der Waals surface area contributed by atoms with Gasteiger partial charge in [-0.2, -0.15) is 0 Å². The Morgan fingerprint density at radius 3 is 2.33 bits per heavy atom. The first-order valence-electron chi connectivity index (χ1n) is 5.91. The van der Waals surface area contributed by atoms with E-state index in [2.05, 4.69) is 27.7 Å². The minimum Gasteiger partial charge on any atom is -0.281 e. The van der Waals surface area contributed by atoms with Crippen LogP contribution >= 0.6 is 11.6 Å². The molecule has 0 amide bonds. The van der Waals surface area contributed by atoms with E-state index in [4.69, 9.17) is 11.6 Å². The molecule has 0 radical (unpaired) electrons. The summed E-state index contributed by atoms with van der Waals surface area (Å²) in [4.78, 5) is 11.3. The Kier molecular flexibility index (Phi) is 3.86. The smallest absolute Gasteiger partial charge is 0.224 e. The van der Waals surface area contributed by atoms with Crippen molar-refractivity contribution in [1.29, 1.82) is 0 Å². The summed E-state index contributed by atoms with van der Waals surface area (Å²) in [7, 11) is 0. The molecule has 0 aliphatic heterocycles. The monoisotopic (exact) mass is 230 g/mol. The first-order chi connectivity index (χ1) is 6.72. The van der Waals surface area contributed by atoms with Gasteiger partial charge in [-0.05, 0) is 48.1 Å². The fourth-order valence-electron chi connectivity index (χ4n) is 3.25. The van der Waals surface area contributed by atoms with Crippen LogP contribution in [0.25, 0.3) is 0 Å². The molecule has 1 aliphatic rings. The summed E-state index contributed by atoms with van der Waals surface area (Å²) < 4.78 is 0. The molecule has 1 fully saturated rings. The predicted octanol–water partition coefficient (Wildman–Crippen LogP) is 4.38. The van der Waals surface area contributed by atoms with E-state index in [-0.39, 0.29) is 16.6 Å². The highest BCUT2D eigenvalue weighted by Gasteiger charge is 2.34. The van der Waals surface area contributed by atoms with Gasteiger partial charge >= 0.3 is 0 Å². The average Bonchev–Trinajstić information content (AvgIpc) is 1.96. The van der Waals surface area contributed by atoms with Crippen LogP contribution in [0.3, 0.4) is 0 Å². The van der Waals surface area contributed by atoms with Crippen molar-refractivity contribution in [1.82, 2.24) is 0 Å². The van der Waals surface area contributed by atoms with E-state index in [1.54, 1.807) is 0 Å². The van der Waals surface area contributed by atoms with Crippen LogP contribution in [-0.2, 0) is 4.79 Å². The molecule has 0 saturated heterocycles. The number of carbonyl (C=O) groups excluding carboxylic acids is 1. The molecule has 1 nitrogen and oxygen atoms in total. The Bertz CT molecular complexity index is 243. The first kappa shape index (κ1) is 13.0. The number of carbonyl (C=O) groups is 1. The molecular weight excluding hydrogens is 208 g/mol. The Morgan fingerprint density at radius 1 is 1.20 bits per heavy atom. The highest BCUT2D eigenvalue weighted by molar-refractivity contribution is 6.63. The second kappa shape index (κ2) is 4.45. The van der Waals surface area contributed by atoms with Gasteiger partial charge in [0.1, 0.15) is 0 Å². The van der Waals surface area contributed by atoms with Crippen LogP contribution in [0, 0.1) is 16.7 Å². The van der Waals surface area contributed by atoms with Crippen molar-refractivity contribution in [3.05, 3.63) is 0 Å². The third-order valence-corrected chi connectivity index (χ3v) is 3.79. The van der Waals surface area contributed by atoms with Crippen molar-refractivity contribution in [2.45, 2.75) is 59.8 Å². The minimum atomic E-state index is -0.136. The predicted molar refractivity (Wildman–Crippen MR) is 65.0 cm³/mol. The van der Waals surface area contributed by atoms with Crippen molar-refractivity contribution in [3.63, 3.8) is 0 Å². The number of hydrogen-bond acceptors (Lipinski definition) is 1. The molecule has 0 heterocycles. The summed E-state index contributed by atoms with van der Waals surface area (Å²) in [6.45, 7) is 9.18. The topological polar surface area (TPSA) is 17.1 Å². The zero-order valence-corrected chi connectivity index (χ0v) is 11.2. The standard InChI is InChI=1S/C13H23ClO/c1-12(2)7-5-6-10(11(14)15)8-13(3,4)9-12/h10H,5-9H2,1-4H3. The fourth-order valence-corrected chi connectivity index (χ4v) is 3.43. The summed E-state index contributed by atoms with van der Waals surface area (Å²) in [6.07, 6.45) is 5.43. The van der Waals surface area contributed by atoms with E-state index in [0.717, 1.165) is 19.3 Å². The van der Waals surface area contributed by atoms with Crippen molar-refractivity contribution in [2.75, 3.05) is 0 Å². The lowest BCUT2D eigenvalue weighted by Crippen LogP contribution is -2.30. The van der Waals surface area contributed by atoms with Gasteiger partial charge < -0.3 is 0 Å². The summed E-state index contributed by atoms with van der Waals surface area (Å²) >= 11 is 5.64. The maximum Gasteiger partial charge on any atom is 0.224 e. The van der Waals surface area contributed by atoms with Crippen molar-refractivity contribution < 1.29 is 4.79 Å². The van der Waals surface area contributed by atoms with E-state index >= 15 is 0 Å². The molecule has 1 rings (SSSR count). The number of hydrogen-bond donors (Lipinski definition) is 0. The van der Waals surface area contributed by atoms with Gasteiger partial charge in [0, 0.05) is 5.92 Å². The van der Waals surface area contributed by atoms with Crippen LogP contribution in [0.5, 0.6) is 0 Å². The molecule has 0 spiro atoms. The van der Waals surface area contributed by atoms with Gasteiger partial charge in [-0.15, -0.1) is 0 Å². The quantitative estimate of drug-likeness (QED) is 0.611. The van der Waals surface area contributed by atoms with Crippen LogP contribution in [0.15, 0.2) is 0 Å². The Hall–Kier alpha value is -0.0400. The molecule has 2 heteroatoms. The van der Waals surface area contributed by atoms with Crippen molar-refractivity contribution >= 4 is 16.8 Å². The maximum atomic E-state index is 11.3. The normalized spacial score (nSPS) is 30.3. The van der Waals surface area contributed by atoms with Crippen LogP contribution in [0.1, 0.15) is 59.8 Å². The minimum absolute atomic E-state index is 0.0813. The molecule has 1 unspecified atom stereocenters. The second-order valence-electron chi connectivity index (χ2n) is 6.60. The lowest BCUT2D eigenvalue weighted by atomic mass is 9.66. The lowest BCUT2D eigenvalue weighted by molar-refractivity contribution is -0.116. The Balaban J connectivity index is 2.74. The molecule has 1 aliphatic carbocycles. The van der Waals surface area contributed by atoms with E-state index in [1.165, 1.54) is 12.8 Å². The zero-order chi connectivity index (χ0) is 11.7. The van der Waals surface area contributed by atoms with Crippen LogP contribution in [0.2, 0.25) is 0 Å². The zero-order valence-electron chi connectivity index (χ0n) is 10.4. The third-order valence-electron chi connectivity index (χ3n) is 3.48. The molecule has 0 aromatic carbocycles. The molecule has 88 valence electrons. The molecule has 0 aromatic heterocycles.